The summed E-state index contributed by atoms with van der Waals surface area (Å²) >= 11 is 3.32. The highest BCUT2D eigenvalue weighted by Crippen LogP contribution is 2.44. The standard InChI is InChI=1S/C20H17N3OS2/c1-13(22-23-20(24)12-15-5-4-10-25-15)14-8-9-19-17(11-14)21-16-6-2-3-7-18(16)26-19/h2-11,21H,12H2,1H3,(H,23,24)/b22-13-. The van der Waals surface area contributed by atoms with Crippen LogP contribution in [-0.4, -0.2) is 11.6 Å². The number of carbonyl (C=O) groups is 1. The first-order valence-electron chi connectivity index (χ1n) is 8.23. The molecule has 1 aliphatic rings. The van der Waals surface area contributed by atoms with Crippen molar-refractivity contribution in [1.29, 1.82) is 0 Å². The van der Waals surface area contributed by atoms with E-state index in [-0.39, 0.29) is 5.91 Å². The van der Waals surface area contributed by atoms with E-state index in [4.69, 9.17) is 0 Å². The molecule has 4 nitrogen and oxygen atoms in total. The Morgan fingerprint density at radius 3 is 2.77 bits per heavy atom. The van der Waals surface area contributed by atoms with E-state index in [1.807, 2.05) is 42.6 Å². The van der Waals surface area contributed by atoms with Gasteiger partial charge in [-0.25, -0.2) is 5.43 Å². The van der Waals surface area contributed by atoms with Gasteiger partial charge in [-0.1, -0.05) is 36.0 Å². The predicted molar refractivity (Wildman–Crippen MR) is 109 cm³/mol. The minimum atomic E-state index is -0.104. The summed E-state index contributed by atoms with van der Waals surface area (Å²) in [5, 5.41) is 9.69. The second-order valence-corrected chi connectivity index (χ2v) is 8.04. The second kappa shape index (κ2) is 7.35. The van der Waals surface area contributed by atoms with E-state index < -0.39 is 0 Å². The van der Waals surface area contributed by atoms with E-state index >= 15 is 0 Å². The third kappa shape index (κ3) is 3.66. The van der Waals surface area contributed by atoms with E-state index in [0.29, 0.717) is 6.42 Å². The Morgan fingerprint density at radius 2 is 1.92 bits per heavy atom. The van der Waals surface area contributed by atoms with Gasteiger partial charge in [0.25, 0.3) is 0 Å². The fraction of sp³-hybridized carbons (Fsp3) is 0.100. The molecule has 0 spiro atoms. The van der Waals surface area contributed by atoms with E-state index in [2.05, 4.69) is 40.1 Å². The summed E-state index contributed by atoms with van der Waals surface area (Å²) in [5.74, 6) is -0.104. The van der Waals surface area contributed by atoms with Crippen LogP contribution in [0.4, 0.5) is 11.4 Å². The molecule has 6 heteroatoms. The monoisotopic (exact) mass is 379 g/mol. The van der Waals surface area contributed by atoms with Crippen molar-refractivity contribution in [2.24, 2.45) is 5.10 Å². The van der Waals surface area contributed by atoms with Crippen LogP contribution in [0.3, 0.4) is 0 Å². The Bertz CT molecular complexity index is 980. The van der Waals surface area contributed by atoms with Crippen molar-refractivity contribution in [3.8, 4) is 0 Å². The SMILES string of the molecule is C/C(=N/NC(=O)Cc1cccs1)c1ccc2c(c1)Nc1ccccc1S2. The first kappa shape index (κ1) is 16.9. The van der Waals surface area contributed by atoms with Gasteiger partial charge in [0, 0.05) is 14.7 Å². The lowest BCUT2D eigenvalue weighted by molar-refractivity contribution is -0.120. The van der Waals surface area contributed by atoms with Crippen LogP contribution in [0.25, 0.3) is 0 Å². The Kier molecular flexibility index (Phi) is 4.77. The highest BCUT2D eigenvalue weighted by atomic mass is 32.2. The van der Waals surface area contributed by atoms with Gasteiger partial charge < -0.3 is 5.32 Å². The van der Waals surface area contributed by atoms with Gasteiger partial charge in [0.15, 0.2) is 0 Å². The molecule has 0 bridgehead atoms. The number of carbonyl (C=O) groups excluding carboxylic acids is 1. The number of benzene rings is 2. The van der Waals surface area contributed by atoms with Crippen molar-refractivity contribution in [1.82, 2.24) is 5.43 Å². The second-order valence-electron chi connectivity index (χ2n) is 5.92. The van der Waals surface area contributed by atoms with Crippen molar-refractivity contribution in [3.63, 3.8) is 0 Å². The van der Waals surface area contributed by atoms with E-state index in [9.17, 15) is 4.79 Å². The number of thiophene rings is 1. The molecule has 3 aromatic rings. The van der Waals surface area contributed by atoms with E-state index in [1.165, 1.54) is 9.79 Å². The molecule has 2 aromatic carbocycles. The Balaban J connectivity index is 1.47. The molecule has 1 aromatic heterocycles. The smallest absolute Gasteiger partial charge is 0.245 e. The fourth-order valence-electron chi connectivity index (χ4n) is 2.69. The van der Waals surface area contributed by atoms with Crippen LogP contribution in [0.15, 0.2) is 74.9 Å². The number of amides is 1. The van der Waals surface area contributed by atoms with Gasteiger partial charge in [-0.05, 0) is 48.2 Å². The number of hydrogen-bond acceptors (Lipinski definition) is 5. The van der Waals surface area contributed by atoms with Crippen LogP contribution in [0, 0.1) is 0 Å². The first-order chi connectivity index (χ1) is 12.7. The average molecular weight is 380 g/mol. The molecular weight excluding hydrogens is 362 g/mol. The van der Waals surface area contributed by atoms with Crippen LogP contribution >= 0.6 is 23.1 Å². The Labute approximate surface area is 160 Å². The van der Waals surface area contributed by atoms with Crippen LogP contribution in [0.1, 0.15) is 17.4 Å². The molecule has 4 rings (SSSR count). The summed E-state index contributed by atoms with van der Waals surface area (Å²) < 4.78 is 0. The summed E-state index contributed by atoms with van der Waals surface area (Å²) in [5.41, 5.74) is 6.57. The molecule has 0 unspecified atom stereocenters. The maximum atomic E-state index is 12.0. The molecule has 0 saturated carbocycles. The van der Waals surface area contributed by atoms with Crippen LogP contribution < -0.4 is 10.7 Å². The number of fused-ring (bicyclic) bond motifs is 2. The van der Waals surface area contributed by atoms with Crippen LogP contribution in [0.5, 0.6) is 0 Å². The van der Waals surface area contributed by atoms with Crippen molar-refractivity contribution in [2.45, 2.75) is 23.1 Å². The molecule has 0 aliphatic carbocycles. The lowest BCUT2D eigenvalue weighted by Gasteiger charge is -2.21. The number of nitrogens with zero attached hydrogens (tertiary/aromatic N) is 1. The van der Waals surface area contributed by atoms with Gasteiger partial charge in [0.05, 0.1) is 23.5 Å². The number of hydrazone groups is 1. The quantitative estimate of drug-likeness (QED) is 0.386. The lowest BCUT2D eigenvalue weighted by Crippen LogP contribution is -2.20. The first-order valence-corrected chi connectivity index (χ1v) is 9.92. The van der Waals surface area contributed by atoms with Crippen molar-refractivity contribution in [3.05, 3.63) is 70.4 Å². The number of rotatable bonds is 4. The number of anilines is 2. The van der Waals surface area contributed by atoms with Crippen molar-refractivity contribution < 1.29 is 4.79 Å². The summed E-state index contributed by atoms with van der Waals surface area (Å²) in [6.07, 6.45) is 0.355. The summed E-state index contributed by atoms with van der Waals surface area (Å²) in [6, 6.07) is 18.3. The third-order valence-corrected chi connectivity index (χ3v) is 6.07. The Morgan fingerprint density at radius 1 is 1.08 bits per heavy atom. The number of para-hydroxylation sites is 1. The molecule has 26 heavy (non-hydrogen) atoms. The molecule has 2 heterocycles. The summed E-state index contributed by atoms with van der Waals surface area (Å²) in [6.45, 7) is 1.90. The normalized spacial score (nSPS) is 12.7. The molecule has 130 valence electrons. The topological polar surface area (TPSA) is 53.5 Å². The maximum absolute atomic E-state index is 12.0. The number of hydrogen-bond donors (Lipinski definition) is 2. The zero-order chi connectivity index (χ0) is 17.9. The minimum absolute atomic E-state index is 0.104. The van der Waals surface area contributed by atoms with Crippen molar-refractivity contribution >= 4 is 46.1 Å². The number of nitrogens with one attached hydrogen (secondary N) is 2. The molecule has 0 atom stereocenters. The zero-order valence-electron chi connectivity index (χ0n) is 14.2. The van der Waals surface area contributed by atoms with E-state index in [0.717, 1.165) is 27.5 Å². The predicted octanol–water partition coefficient (Wildman–Crippen LogP) is 5.04. The van der Waals surface area contributed by atoms with Gasteiger partial charge in [-0.2, -0.15) is 5.10 Å². The van der Waals surface area contributed by atoms with Crippen LogP contribution in [-0.2, 0) is 11.2 Å². The molecule has 1 amide bonds. The molecule has 2 N–H and O–H groups in total. The lowest BCUT2D eigenvalue weighted by atomic mass is 10.1. The van der Waals surface area contributed by atoms with Gasteiger partial charge in [-0.3, -0.25) is 4.79 Å². The zero-order valence-corrected chi connectivity index (χ0v) is 15.8. The van der Waals surface area contributed by atoms with Gasteiger partial charge in [0.2, 0.25) is 5.91 Å². The fourth-order valence-corrected chi connectivity index (χ4v) is 4.36. The summed E-state index contributed by atoms with van der Waals surface area (Å²) in [4.78, 5) is 15.4. The maximum Gasteiger partial charge on any atom is 0.245 e. The van der Waals surface area contributed by atoms with E-state index in [1.54, 1.807) is 23.1 Å². The molecule has 0 saturated heterocycles. The summed E-state index contributed by atoms with van der Waals surface area (Å²) in [7, 11) is 0. The van der Waals surface area contributed by atoms with Crippen LogP contribution in [0.2, 0.25) is 0 Å². The highest BCUT2D eigenvalue weighted by Gasteiger charge is 2.15. The van der Waals surface area contributed by atoms with Gasteiger partial charge in [0.1, 0.15) is 0 Å². The highest BCUT2D eigenvalue weighted by molar-refractivity contribution is 7.99. The Hall–Kier alpha value is -2.57. The average Bonchev–Trinajstić information content (AvgIpc) is 3.17. The molecule has 1 aliphatic heterocycles. The molecule has 0 radical (unpaired) electrons. The minimum Gasteiger partial charge on any atom is -0.354 e. The van der Waals surface area contributed by atoms with Gasteiger partial charge >= 0.3 is 0 Å². The van der Waals surface area contributed by atoms with Crippen molar-refractivity contribution in [2.75, 3.05) is 5.32 Å². The van der Waals surface area contributed by atoms with Gasteiger partial charge in [-0.15, -0.1) is 11.3 Å². The molecule has 0 fully saturated rings. The largest absolute Gasteiger partial charge is 0.354 e. The third-order valence-electron chi connectivity index (χ3n) is 4.04. The molecular formula is C20H17N3OS2.